The highest BCUT2D eigenvalue weighted by Gasteiger charge is 2.32. The van der Waals surface area contributed by atoms with Crippen molar-refractivity contribution in [3.05, 3.63) is 24.0 Å². The lowest BCUT2D eigenvalue weighted by Crippen LogP contribution is -2.47. The average Bonchev–Trinajstić information content (AvgIpc) is 2.08. The maximum atomic E-state index is 12.8. The monoisotopic (exact) mass is 194 g/mol. The zero-order valence-corrected chi connectivity index (χ0v) is 8.02. The molecule has 0 aromatic heterocycles. The van der Waals surface area contributed by atoms with E-state index in [2.05, 4.69) is 10.6 Å². The summed E-state index contributed by atoms with van der Waals surface area (Å²) < 4.78 is 12.8. The molecular formula is C10H11FN2O. The first kappa shape index (κ1) is 8.99. The van der Waals surface area contributed by atoms with Crippen LogP contribution in [0.1, 0.15) is 13.8 Å². The van der Waals surface area contributed by atoms with Gasteiger partial charge >= 0.3 is 0 Å². The summed E-state index contributed by atoms with van der Waals surface area (Å²) in [5.41, 5.74) is 0.593. The van der Waals surface area contributed by atoms with Gasteiger partial charge in [0.15, 0.2) is 0 Å². The Morgan fingerprint density at radius 2 is 2.00 bits per heavy atom. The third kappa shape index (κ3) is 1.32. The number of nitrogens with one attached hydrogen (secondary N) is 2. The van der Waals surface area contributed by atoms with Gasteiger partial charge in [0.05, 0.1) is 11.4 Å². The van der Waals surface area contributed by atoms with Crippen molar-refractivity contribution in [2.75, 3.05) is 10.6 Å². The van der Waals surface area contributed by atoms with Gasteiger partial charge in [0, 0.05) is 0 Å². The summed E-state index contributed by atoms with van der Waals surface area (Å²) >= 11 is 0. The largest absolute Gasteiger partial charge is 0.370 e. The van der Waals surface area contributed by atoms with Gasteiger partial charge in [-0.25, -0.2) is 4.39 Å². The van der Waals surface area contributed by atoms with Gasteiger partial charge in [-0.1, -0.05) is 0 Å². The van der Waals surface area contributed by atoms with E-state index >= 15 is 0 Å². The average molecular weight is 194 g/mol. The van der Waals surface area contributed by atoms with Crippen LogP contribution in [0.2, 0.25) is 0 Å². The molecule has 4 heteroatoms. The first-order valence-electron chi connectivity index (χ1n) is 4.38. The number of carbonyl (C=O) groups excluding carboxylic acids is 1. The smallest absolute Gasteiger partial charge is 0.249 e. The summed E-state index contributed by atoms with van der Waals surface area (Å²) in [4.78, 5) is 11.5. The number of fused-ring (bicyclic) bond motifs is 1. The van der Waals surface area contributed by atoms with Crippen LogP contribution < -0.4 is 10.6 Å². The number of carbonyl (C=O) groups is 1. The first-order chi connectivity index (χ1) is 6.49. The second kappa shape index (κ2) is 2.70. The third-order valence-corrected chi connectivity index (χ3v) is 2.24. The van der Waals surface area contributed by atoms with E-state index in [-0.39, 0.29) is 11.7 Å². The molecule has 1 amide bonds. The fraction of sp³-hybridized carbons (Fsp3) is 0.300. The highest BCUT2D eigenvalue weighted by molar-refractivity contribution is 6.05. The van der Waals surface area contributed by atoms with Crippen LogP contribution in [0.25, 0.3) is 0 Å². The molecule has 2 rings (SSSR count). The van der Waals surface area contributed by atoms with Gasteiger partial charge in [0.2, 0.25) is 5.91 Å². The van der Waals surface area contributed by atoms with Crippen LogP contribution in [-0.4, -0.2) is 11.4 Å². The Morgan fingerprint density at radius 3 is 2.71 bits per heavy atom. The van der Waals surface area contributed by atoms with Gasteiger partial charge in [-0.05, 0) is 32.0 Å². The summed E-state index contributed by atoms with van der Waals surface area (Å²) in [7, 11) is 0. The van der Waals surface area contributed by atoms with Crippen LogP contribution in [-0.2, 0) is 4.79 Å². The van der Waals surface area contributed by atoms with Gasteiger partial charge in [-0.3, -0.25) is 4.79 Å². The lowest BCUT2D eigenvalue weighted by atomic mass is 10.0. The third-order valence-electron chi connectivity index (χ3n) is 2.24. The second-order valence-corrected chi connectivity index (χ2v) is 3.89. The molecule has 1 heterocycles. The molecule has 0 unspecified atom stereocenters. The molecular weight excluding hydrogens is 183 g/mol. The summed E-state index contributed by atoms with van der Waals surface area (Å²) in [6, 6.07) is 4.28. The van der Waals surface area contributed by atoms with Crippen LogP contribution in [0, 0.1) is 5.82 Å². The van der Waals surface area contributed by atoms with Crippen molar-refractivity contribution < 1.29 is 9.18 Å². The quantitative estimate of drug-likeness (QED) is 0.663. The predicted molar refractivity (Wildman–Crippen MR) is 52.7 cm³/mol. The normalized spacial score (nSPS) is 18.1. The Labute approximate surface area is 81.3 Å². The molecule has 0 saturated heterocycles. The first-order valence-corrected chi connectivity index (χ1v) is 4.38. The maximum Gasteiger partial charge on any atom is 0.249 e. The van der Waals surface area contributed by atoms with Crippen molar-refractivity contribution in [3.63, 3.8) is 0 Å². The molecule has 14 heavy (non-hydrogen) atoms. The lowest BCUT2D eigenvalue weighted by molar-refractivity contribution is -0.119. The molecule has 0 spiro atoms. The van der Waals surface area contributed by atoms with Gasteiger partial charge in [-0.15, -0.1) is 0 Å². The number of amides is 1. The van der Waals surface area contributed by atoms with Crippen LogP contribution in [0.4, 0.5) is 15.8 Å². The fourth-order valence-electron chi connectivity index (χ4n) is 1.40. The minimum Gasteiger partial charge on any atom is -0.370 e. The van der Waals surface area contributed by atoms with Crippen molar-refractivity contribution in [2.24, 2.45) is 0 Å². The number of anilines is 2. The Bertz CT molecular complexity index is 401. The molecule has 0 bridgehead atoms. The zero-order chi connectivity index (χ0) is 10.3. The van der Waals surface area contributed by atoms with Gasteiger partial charge in [-0.2, -0.15) is 0 Å². The summed E-state index contributed by atoms with van der Waals surface area (Å²) in [5, 5.41) is 5.68. The fourth-order valence-corrected chi connectivity index (χ4v) is 1.40. The SMILES string of the molecule is CC1(C)Nc2ccc(F)cc2NC1=O. The van der Waals surface area contributed by atoms with Gasteiger partial charge < -0.3 is 10.6 Å². The Balaban J connectivity index is 2.46. The number of hydrogen-bond donors (Lipinski definition) is 2. The maximum absolute atomic E-state index is 12.8. The van der Waals surface area contributed by atoms with E-state index in [0.717, 1.165) is 5.69 Å². The second-order valence-electron chi connectivity index (χ2n) is 3.89. The minimum atomic E-state index is -0.648. The van der Waals surface area contributed by atoms with E-state index in [1.807, 2.05) is 0 Å². The Kier molecular flexibility index (Phi) is 1.74. The number of halogens is 1. The molecule has 0 radical (unpaired) electrons. The van der Waals surface area contributed by atoms with Crippen LogP contribution in [0.15, 0.2) is 18.2 Å². The predicted octanol–water partition coefficient (Wildman–Crippen LogP) is 1.97. The van der Waals surface area contributed by atoms with E-state index in [1.54, 1.807) is 19.9 Å². The zero-order valence-electron chi connectivity index (χ0n) is 8.02. The number of benzene rings is 1. The number of rotatable bonds is 0. The molecule has 1 aromatic carbocycles. The topological polar surface area (TPSA) is 41.1 Å². The highest BCUT2D eigenvalue weighted by Crippen LogP contribution is 2.30. The van der Waals surface area contributed by atoms with Crippen LogP contribution >= 0.6 is 0 Å². The summed E-state index contributed by atoms with van der Waals surface area (Å²) in [6.07, 6.45) is 0. The van der Waals surface area contributed by atoms with Crippen molar-refractivity contribution in [2.45, 2.75) is 19.4 Å². The van der Waals surface area contributed by atoms with Crippen molar-refractivity contribution in [1.82, 2.24) is 0 Å². The van der Waals surface area contributed by atoms with Gasteiger partial charge in [0.1, 0.15) is 11.4 Å². The molecule has 1 aliphatic rings. The molecule has 74 valence electrons. The van der Waals surface area contributed by atoms with Gasteiger partial charge in [0.25, 0.3) is 0 Å². The van der Waals surface area contributed by atoms with Crippen LogP contribution in [0.3, 0.4) is 0 Å². The molecule has 1 aliphatic heterocycles. The van der Waals surface area contributed by atoms with E-state index in [0.29, 0.717) is 5.69 Å². The van der Waals surface area contributed by atoms with E-state index < -0.39 is 5.54 Å². The summed E-state index contributed by atoms with van der Waals surface area (Å²) in [6.45, 7) is 3.54. The van der Waals surface area contributed by atoms with Crippen molar-refractivity contribution in [1.29, 1.82) is 0 Å². The molecule has 0 fully saturated rings. The summed E-state index contributed by atoms with van der Waals surface area (Å²) in [5.74, 6) is -0.513. The highest BCUT2D eigenvalue weighted by atomic mass is 19.1. The molecule has 1 aromatic rings. The molecule has 0 saturated carbocycles. The van der Waals surface area contributed by atoms with E-state index in [9.17, 15) is 9.18 Å². The minimum absolute atomic E-state index is 0.157. The standard InChI is InChI=1S/C10H11FN2O/c1-10(2)9(14)12-8-5-6(11)3-4-7(8)13-10/h3-5,13H,1-2H3,(H,12,14). The Hall–Kier alpha value is -1.58. The van der Waals surface area contributed by atoms with Crippen molar-refractivity contribution >= 4 is 17.3 Å². The lowest BCUT2D eigenvalue weighted by Gasteiger charge is -2.32. The Morgan fingerprint density at radius 1 is 1.29 bits per heavy atom. The number of hydrogen-bond acceptors (Lipinski definition) is 2. The molecule has 0 aliphatic carbocycles. The van der Waals surface area contributed by atoms with E-state index in [4.69, 9.17) is 0 Å². The van der Waals surface area contributed by atoms with E-state index in [1.165, 1.54) is 12.1 Å². The molecule has 2 N–H and O–H groups in total. The molecule has 0 atom stereocenters. The van der Waals surface area contributed by atoms with Crippen molar-refractivity contribution in [3.8, 4) is 0 Å². The van der Waals surface area contributed by atoms with Crippen LogP contribution in [0.5, 0.6) is 0 Å². The molecule has 3 nitrogen and oxygen atoms in total.